The van der Waals surface area contributed by atoms with Gasteiger partial charge >= 0.3 is 5.97 Å². The van der Waals surface area contributed by atoms with Crippen molar-refractivity contribution < 1.29 is 23.7 Å². The second kappa shape index (κ2) is 17.3. The van der Waals surface area contributed by atoms with Gasteiger partial charge in [0.1, 0.15) is 19.0 Å². The third kappa shape index (κ3) is 13.4. The summed E-state index contributed by atoms with van der Waals surface area (Å²) in [7, 11) is 0. The third-order valence-corrected chi connectivity index (χ3v) is 4.25. The number of anilines is 1. The summed E-state index contributed by atoms with van der Waals surface area (Å²) in [5.74, 6) is 0.534. The Balaban J connectivity index is 1.81. The lowest BCUT2D eigenvalue weighted by Gasteiger charge is -2.09. The van der Waals surface area contributed by atoms with Crippen LogP contribution >= 0.6 is 0 Å². The Hall–Kier alpha value is -1.79. The van der Waals surface area contributed by atoms with E-state index in [0.717, 1.165) is 12.8 Å². The molecule has 28 heavy (non-hydrogen) atoms. The van der Waals surface area contributed by atoms with E-state index in [1.54, 1.807) is 6.07 Å². The maximum atomic E-state index is 11.6. The summed E-state index contributed by atoms with van der Waals surface area (Å²) in [6, 6.07) is 7.36. The maximum absolute atomic E-state index is 11.6. The Morgan fingerprint density at radius 2 is 1.43 bits per heavy atom. The van der Waals surface area contributed by atoms with E-state index in [0.29, 0.717) is 57.5 Å². The number of nitrogens with two attached hydrogens (primary N) is 1. The first kappa shape index (κ1) is 24.2. The summed E-state index contributed by atoms with van der Waals surface area (Å²) in [6.45, 7) is 4.73. The molecule has 2 N–H and O–H groups in total. The summed E-state index contributed by atoms with van der Waals surface area (Å²) in [6.07, 6.45) is 8.87. The van der Waals surface area contributed by atoms with Gasteiger partial charge in [-0.15, -0.1) is 0 Å². The summed E-state index contributed by atoms with van der Waals surface area (Å²) < 4.78 is 21.5. The van der Waals surface area contributed by atoms with Crippen molar-refractivity contribution in [1.82, 2.24) is 0 Å². The highest BCUT2D eigenvalue weighted by molar-refractivity contribution is 5.69. The first-order valence-corrected chi connectivity index (χ1v) is 10.5. The molecular weight excluding hydrogens is 358 g/mol. The van der Waals surface area contributed by atoms with Crippen LogP contribution in [0.25, 0.3) is 0 Å². The zero-order valence-corrected chi connectivity index (χ0v) is 17.3. The fraction of sp³-hybridized carbons (Fsp3) is 0.682. The van der Waals surface area contributed by atoms with E-state index in [1.165, 1.54) is 32.1 Å². The fourth-order valence-corrected chi connectivity index (χ4v) is 2.66. The second-order valence-corrected chi connectivity index (χ2v) is 6.70. The SMILES string of the molecule is CCCCCCCCCC(=O)OCCOCCOCCOc1ccccc1N. The van der Waals surface area contributed by atoms with Crippen LogP contribution in [0.5, 0.6) is 5.75 Å². The Morgan fingerprint density at radius 3 is 2.14 bits per heavy atom. The molecule has 0 spiro atoms. The highest BCUT2D eigenvalue weighted by atomic mass is 16.6. The topological polar surface area (TPSA) is 80.0 Å². The van der Waals surface area contributed by atoms with Gasteiger partial charge in [-0.1, -0.05) is 57.6 Å². The van der Waals surface area contributed by atoms with E-state index in [-0.39, 0.29) is 5.97 Å². The minimum absolute atomic E-state index is 0.134. The molecule has 0 heterocycles. The second-order valence-electron chi connectivity index (χ2n) is 6.70. The van der Waals surface area contributed by atoms with Gasteiger partial charge in [-0.2, -0.15) is 0 Å². The van der Waals surface area contributed by atoms with Crippen LogP contribution in [0.4, 0.5) is 5.69 Å². The van der Waals surface area contributed by atoms with Gasteiger partial charge in [0.15, 0.2) is 0 Å². The largest absolute Gasteiger partial charge is 0.489 e. The average Bonchev–Trinajstić information content (AvgIpc) is 2.70. The van der Waals surface area contributed by atoms with Crippen molar-refractivity contribution in [2.45, 2.75) is 58.3 Å². The summed E-state index contributed by atoms with van der Waals surface area (Å²) >= 11 is 0. The smallest absolute Gasteiger partial charge is 0.305 e. The number of hydrogen-bond donors (Lipinski definition) is 1. The molecule has 0 atom stereocenters. The molecule has 0 saturated heterocycles. The molecule has 0 aliphatic heterocycles. The molecule has 0 aromatic heterocycles. The molecule has 0 aliphatic carbocycles. The summed E-state index contributed by atoms with van der Waals surface area (Å²) in [5, 5.41) is 0. The molecule has 0 bridgehead atoms. The van der Waals surface area contributed by atoms with Crippen LogP contribution in [0, 0.1) is 0 Å². The number of rotatable bonds is 18. The van der Waals surface area contributed by atoms with Gasteiger partial charge in [0, 0.05) is 6.42 Å². The van der Waals surface area contributed by atoms with E-state index in [4.69, 9.17) is 24.7 Å². The molecule has 1 aromatic carbocycles. The minimum Gasteiger partial charge on any atom is -0.489 e. The predicted octanol–water partition coefficient (Wildman–Crippen LogP) is 4.36. The summed E-state index contributed by atoms with van der Waals surface area (Å²) in [4.78, 5) is 11.6. The summed E-state index contributed by atoms with van der Waals surface area (Å²) in [5.41, 5.74) is 6.40. The Kier molecular flexibility index (Phi) is 15.0. The van der Waals surface area contributed by atoms with E-state index in [9.17, 15) is 4.79 Å². The van der Waals surface area contributed by atoms with Gasteiger partial charge in [0.2, 0.25) is 0 Å². The van der Waals surface area contributed by atoms with Crippen molar-refractivity contribution in [1.29, 1.82) is 0 Å². The normalized spacial score (nSPS) is 10.8. The monoisotopic (exact) mass is 395 g/mol. The lowest BCUT2D eigenvalue weighted by molar-refractivity contribution is -0.145. The first-order valence-electron chi connectivity index (χ1n) is 10.5. The fourth-order valence-electron chi connectivity index (χ4n) is 2.66. The van der Waals surface area contributed by atoms with Crippen molar-refractivity contribution in [2.24, 2.45) is 0 Å². The molecule has 160 valence electrons. The molecule has 0 radical (unpaired) electrons. The van der Waals surface area contributed by atoms with Gasteiger partial charge < -0.3 is 24.7 Å². The number of benzene rings is 1. The molecular formula is C22H37NO5. The highest BCUT2D eigenvalue weighted by Gasteiger charge is 2.02. The highest BCUT2D eigenvalue weighted by Crippen LogP contribution is 2.19. The van der Waals surface area contributed by atoms with Gasteiger partial charge in [-0.05, 0) is 18.6 Å². The Bertz CT molecular complexity index is 509. The molecule has 6 heteroatoms. The lowest BCUT2D eigenvalue weighted by atomic mass is 10.1. The molecule has 1 rings (SSSR count). The van der Waals surface area contributed by atoms with Crippen LogP contribution in [-0.4, -0.2) is 45.6 Å². The standard InChI is InChI=1S/C22H37NO5/c1-2-3-4-5-6-7-8-13-22(24)28-19-17-26-15-14-25-16-18-27-21-12-10-9-11-20(21)23/h9-12H,2-8,13-19,23H2,1H3. The minimum atomic E-state index is -0.134. The lowest BCUT2D eigenvalue weighted by Crippen LogP contribution is -2.14. The number of carbonyl (C=O) groups excluding carboxylic acids is 1. The van der Waals surface area contributed by atoms with E-state index in [2.05, 4.69) is 6.92 Å². The van der Waals surface area contributed by atoms with Gasteiger partial charge in [0.05, 0.1) is 32.1 Å². The van der Waals surface area contributed by atoms with Crippen LogP contribution in [0.1, 0.15) is 58.3 Å². The average molecular weight is 396 g/mol. The Morgan fingerprint density at radius 1 is 0.821 bits per heavy atom. The van der Waals surface area contributed by atoms with Crippen LogP contribution in [0.3, 0.4) is 0 Å². The van der Waals surface area contributed by atoms with Crippen molar-refractivity contribution in [3.63, 3.8) is 0 Å². The van der Waals surface area contributed by atoms with Crippen LogP contribution in [0.15, 0.2) is 24.3 Å². The molecule has 1 aromatic rings. The molecule has 6 nitrogen and oxygen atoms in total. The van der Waals surface area contributed by atoms with Gasteiger partial charge in [0.25, 0.3) is 0 Å². The van der Waals surface area contributed by atoms with Crippen molar-refractivity contribution in [3.05, 3.63) is 24.3 Å². The number of carbonyl (C=O) groups is 1. The zero-order valence-electron chi connectivity index (χ0n) is 17.3. The van der Waals surface area contributed by atoms with E-state index >= 15 is 0 Å². The number of para-hydroxylation sites is 2. The molecule has 0 saturated carbocycles. The van der Waals surface area contributed by atoms with Crippen molar-refractivity contribution in [2.75, 3.05) is 45.4 Å². The van der Waals surface area contributed by atoms with Crippen molar-refractivity contribution in [3.8, 4) is 5.75 Å². The van der Waals surface area contributed by atoms with Crippen LogP contribution in [0.2, 0.25) is 0 Å². The predicted molar refractivity (Wildman–Crippen MR) is 112 cm³/mol. The van der Waals surface area contributed by atoms with Gasteiger partial charge in [-0.25, -0.2) is 0 Å². The zero-order chi connectivity index (χ0) is 20.3. The third-order valence-electron chi connectivity index (χ3n) is 4.25. The van der Waals surface area contributed by atoms with Crippen LogP contribution in [-0.2, 0) is 19.0 Å². The molecule has 0 unspecified atom stereocenters. The number of nitrogen functional groups attached to an aromatic ring is 1. The van der Waals surface area contributed by atoms with E-state index in [1.807, 2.05) is 18.2 Å². The number of unbranched alkanes of at least 4 members (excludes halogenated alkanes) is 6. The Labute approximate surface area is 169 Å². The quantitative estimate of drug-likeness (QED) is 0.226. The molecule has 0 aliphatic rings. The molecule has 0 amide bonds. The maximum Gasteiger partial charge on any atom is 0.305 e. The van der Waals surface area contributed by atoms with Crippen LogP contribution < -0.4 is 10.5 Å². The van der Waals surface area contributed by atoms with Crippen molar-refractivity contribution >= 4 is 11.7 Å². The molecule has 0 fully saturated rings. The number of ether oxygens (including phenoxy) is 4. The number of esters is 1. The van der Waals surface area contributed by atoms with Gasteiger partial charge in [-0.3, -0.25) is 4.79 Å². The van der Waals surface area contributed by atoms with E-state index < -0.39 is 0 Å². The number of hydrogen-bond acceptors (Lipinski definition) is 6. The first-order chi connectivity index (χ1) is 13.7.